The number of ether oxygens (including phenoxy) is 2. The Labute approximate surface area is 688 Å². The number of benzene rings is 6. The number of methoxy groups -OCH3 is 2. The van der Waals surface area contributed by atoms with Crippen molar-refractivity contribution in [2.75, 3.05) is 70.7 Å². The van der Waals surface area contributed by atoms with E-state index in [-0.39, 0.29) is 86.8 Å². The number of amides is 8. The van der Waals surface area contributed by atoms with E-state index in [2.05, 4.69) is 53.2 Å². The molecule has 2 heterocycles. The average molecular weight is 1640 g/mol. The third kappa shape index (κ3) is 27.8. The van der Waals surface area contributed by atoms with Gasteiger partial charge >= 0.3 is 0 Å². The summed E-state index contributed by atoms with van der Waals surface area (Å²) in [7, 11) is 3.09. The van der Waals surface area contributed by atoms with Gasteiger partial charge in [0.25, 0.3) is 0 Å². The topological polar surface area (TPSA) is 448 Å². The van der Waals surface area contributed by atoms with Crippen LogP contribution in [-0.4, -0.2) is 205 Å². The van der Waals surface area contributed by atoms with E-state index in [0.717, 1.165) is 32.7 Å². The molecule has 2 aliphatic rings. The predicted octanol–water partition coefficient (Wildman–Crippen LogP) is 4.02. The molecule has 116 heavy (non-hydrogen) atoms. The van der Waals surface area contributed by atoms with E-state index in [1.165, 1.54) is 37.4 Å². The van der Waals surface area contributed by atoms with Crippen LogP contribution in [0.3, 0.4) is 0 Å². The molecule has 30 heteroatoms. The van der Waals surface area contributed by atoms with E-state index in [1.54, 1.807) is 76.6 Å². The average Bonchev–Trinajstić information content (AvgIpc) is 1.35. The Balaban J connectivity index is 0.000000322. The van der Waals surface area contributed by atoms with E-state index in [9.17, 15) is 57.5 Å². The minimum Gasteiger partial charge on any atom is -0.497 e. The molecule has 8 rings (SSSR count). The Morgan fingerprint density at radius 1 is 0.509 bits per heavy atom. The van der Waals surface area contributed by atoms with Crippen molar-refractivity contribution < 1.29 is 67.0 Å². The summed E-state index contributed by atoms with van der Waals surface area (Å²) in [4.78, 5) is 163. The van der Waals surface area contributed by atoms with Gasteiger partial charge in [0.05, 0.1) is 69.6 Å². The highest BCUT2D eigenvalue weighted by Gasteiger charge is 2.46. The molecule has 0 radical (unpaired) electrons. The van der Waals surface area contributed by atoms with Gasteiger partial charge in [0.2, 0.25) is 47.3 Å². The zero-order valence-corrected chi connectivity index (χ0v) is 69.9. The summed E-state index contributed by atoms with van der Waals surface area (Å²) in [5.41, 5.74) is 22.7. The van der Waals surface area contributed by atoms with Gasteiger partial charge in [0.1, 0.15) is 41.7 Å². The van der Waals surface area contributed by atoms with Crippen LogP contribution in [0.25, 0.3) is 21.5 Å². The van der Waals surface area contributed by atoms with Crippen molar-refractivity contribution in [3.63, 3.8) is 0 Å². The summed E-state index contributed by atoms with van der Waals surface area (Å²) < 4.78 is 9.86. The number of thioether (sulfide) groups is 2. The number of rotatable bonds is 36. The van der Waals surface area contributed by atoms with Crippen molar-refractivity contribution in [1.29, 1.82) is 0 Å². The number of carbonyl (C=O) groups excluding carboxylic acids is 12. The number of unbranched alkanes of at least 4 members (excludes halogenated alkanes) is 2. The summed E-state index contributed by atoms with van der Waals surface area (Å²) in [6.45, 7) is 13.5. The summed E-state index contributed by atoms with van der Waals surface area (Å²) in [6.07, 6.45) is 3.72. The van der Waals surface area contributed by atoms with Gasteiger partial charge in [-0.15, -0.1) is 0 Å². The number of Topliss-reactive ketones (excluding diaryl/α,β-unsaturated/α-hetero) is 4. The minimum atomic E-state index is -1.32. The van der Waals surface area contributed by atoms with Gasteiger partial charge in [-0.05, 0) is 160 Å². The lowest BCUT2D eigenvalue weighted by Gasteiger charge is -2.36. The van der Waals surface area contributed by atoms with Crippen LogP contribution in [0.1, 0.15) is 123 Å². The predicted molar refractivity (Wildman–Crippen MR) is 455 cm³/mol. The van der Waals surface area contributed by atoms with Crippen molar-refractivity contribution in [2.45, 2.75) is 190 Å². The van der Waals surface area contributed by atoms with Crippen LogP contribution in [0.4, 0.5) is 0 Å². The molecule has 28 nitrogen and oxygen atoms in total. The summed E-state index contributed by atoms with van der Waals surface area (Å²) >= 11 is 2.93. The van der Waals surface area contributed by atoms with Crippen molar-refractivity contribution in [2.24, 2.45) is 28.3 Å². The Bertz CT molecular complexity index is 4400. The number of fused-ring (bicyclic) bond motifs is 2. The maximum atomic E-state index is 14.6. The van der Waals surface area contributed by atoms with Gasteiger partial charge in [-0.1, -0.05) is 123 Å². The van der Waals surface area contributed by atoms with E-state index in [1.807, 2.05) is 113 Å². The zero-order valence-electron chi connectivity index (χ0n) is 68.3. The standard InChI is InChI=1S/C45H63N7O7S.C41H55N7O7S/c1-28(53)49-38-36(54)26-48-39(44(4,5)60-27-43(38,2)3)42(58)51-34(23-29-15-18-33(59-7)19-16-29)40(56)50-35(24-30-14-17-31-12-8-9-13-32(31)22-30)41(57)52-45(6,37(55)25-47)20-10-11-21-46;1-26(49)45-32-16-19-56-25-35(44-24-36(32)50)39(53)46-33(21-27-11-14-31(55-3)15-12-27)38(52)47-34(22-28-10-13-29-8-4-5-9-30(29)20-28)40(54)48-41(2,37(51)23-43)17-6-7-18-42/h8-9,12-19,22,34-35,38-39,48H,10-11,20-21,23-27,46-47H2,1-7H3,(H,49,53)(H,50,56)(H,51,58)(H,52,57);4-5,8-15,20,32-35,44H,6-7,16-19,21-25,42-43H2,1-3H3,(H,45,49)(H,46,53)(H,47,52)(H,48,54)/t34-,35-,38+,39+,45-;32-,33-,34-,35-,41-/m00/s1. The highest BCUT2D eigenvalue weighted by Crippen LogP contribution is 2.38. The fourth-order valence-electron chi connectivity index (χ4n) is 14.0. The quantitative estimate of drug-likeness (QED) is 0.0247. The number of hydrogen-bond acceptors (Lipinski definition) is 22. The highest BCUT2D eigenvalue weighted by molar-refractivity contribution is 8.00. The Hall–Kier alpha value is -9.66. The molecule has 8 amide bonds. The Kier molecular flexibility index (Phi) is 36.0. The highest BCUT2D eigenvalue weighted by atomic mass is 32.2. The van der Waals surface area contributed by atoms with E-state index >= 15 is 0 Å². The van der Waals surface area contributed by atoms with Crippen molar-refractivity contribution >= 4 is 115 Å². The molecule has 6 aromatic rings. The molecule has 10 atom stereocenters. The summed E-state index contributed by atoms with van der Waals surface area (Å²) in [5.74, 6) is -2.84. The zero-order chi connectivity index (χ0) is 84.9. The molecule has 2 saturated heterocycles. The van der Waals surface area contributed by atoms with Crippen molar-refractivity contribution in [3.05, 3.63) is 156 Å². The lowest BCUT2D eigenvalue weighted by molar-refractivity contribution is -0.135. The van der Waals surface area contributed by atoms with Crippen LogP contribution < -0.4 is 85.6 Å². The second-order valence-corrected chi connectivity index (χ2v) is 34.1. The monoisotopic (exact) mass is 1630 g/mol. The van der Waals surface area contributed by atoms with Crippen LogP contribution in [-0.2, 0) is 83.2 Å². The first-order valence-corrected chi connectivity index (χ1v) is 41.5. The van der Waals surface area contributed by atoms with Gasteiger partial charge in [0.15, 0.2) is 23.1 Å². The molecule has 2 fully saturated rings. The molecular weight excluding hydrogens is 1520 g/mol. The maximum absolute atomic E-state index is 14.6. The minimum absolute atomic E-state index is 0.0468. The van der Waals surface area contributed by atoms with Crippen LogP contribution in [0.5, 0.6) is 11.5 Å². The first-order valence-electron chi connectivity index (χ1n) is 39.4. The van der Waals surface area contributed by atoms with Crippen LogP contribution in [0, 0.1) is 5.41 Å². The molecule has 0 aliphatic carbocycles. The summed E-state index contributed by atoms with van der Waals surface area (Å²) in [5, 5.41) is 33.0. The number of nitrogens with one attached hydrogen (secondary N) is 10. The molecule has 2 aliphatic heterocycles. The van der Waals surface area contributed by atoms with Gasteiger partial charge in [0, 0.05) is 61.2 Å². The van der Waals surface area contributed by atoms with Gasteiger partial charge in [-0.3, -0.25) is 68.2 Å². The molecular formula is C86H118N14O14S2. The van der Waals surface area contributed by atoms with Crippen molar-refractivity contribution in [1.82, 2.24) is 53.2 Å². The fourth-order valence-corrected chi connectivity index (χ4v) is 16.4. The third-order valence-corrected chi connectivity index (χ3v) is 24.0. The largest absolute Gasteiger partial charge is 0.497 e. The number of ketones is 4. The number of carbonyl (C=O) groups is 12. The van der Waals surface area contributed by atoms with Crippen LogP contribution in [0.15, 0.2) is 133 Å². The molecule has 628 valence electrons. The first-order chi connectivity index (χ1) is 55.2. The van der Waals surface area contributed by atoms with Crippen LogP contribution in [0.2, 0.25) is 0 Å². The molecule has 0 saturated carbocycles. The second kappa shape index (κ2) is 44.6. The molecule has 0 unspecified atom stereocenters. The lowest BCUT2D eigenvalue weighted by Crippen LogP contribution is -2.62. The summed E-state index contributed by atoms with van der Waals surface area (Å²) in [6, 6.07) is 33.4. The fraction of sp³-hybridized carbons (Fsp3) is 0.488. The first kappa shape index (κ1) is 93.5. The Morgan fingerprint density at radius 3 is 1.35 bits per heavy atom. The maximum Gasteiger partial charge on any atom is 0.243 e. The van der Waals surface area contributed by atoms with E-state index in [0.29, 0.717) is 97.9 Å². The van der Waals surface area contributed by atoms with E-state index in [4.69, 9.17) is 32.4 Å². The van der Waals surface area contributed by atoms with Crippen molar-refractivity contribution in [3.8, 4) is 11.5 Å². The lowest BCUT2D eigenvalue weighted by atomic mass is 9.83. The van der Waals surface area contributed by atoms with Gasteiger partial charge < -0.3 is 74.9 Å². The molecule has 0 aromatic heterocycles. The molecule has 0 spiro atoms. The van der Waals surface area contributed by atoms with Gasteiger partial charge in [-0.25, -0.2) is 0 Å². The second-order valence-electron chi connectivity index (χ2n) is 31.3. The number of hydrogen-bond donors (Lipinski definition) is 14. The molecule has 0 bridgehead atoms. The Morgan fingerprint density at radius 2 is 0.922 bits per heavy atom. The number of nitrogens with two attached hydrogens (primary N) is 4. The van der Waals surface area contributed by atoms with E-state index < -0.39 is 105 Å². The van der Waals surface area contributed by atoms with Crippen LogP contribution >= 0.6 is 23.5 Å². The third-order valence-electron chi connectivity index (χ3n) is 21.0. The normalized spacial score (nSPS) is 18.9. The molecule has 18 N–H and O–H groups in total. The SMILES string of the molecule is COc1ccc(C[C@H](NC(=O)[C@@H]2CSCC[C@H](NC(C)=O)C(=O)CN2)C(=O)N[C@@H](Cc2ccc3ccccc3c2)C(=O)N[C@@](C)(CCCCN)C(=O)CN)cc1.COc1ccc(C[C@H](NC(=O)[C@H]2NCC(=O)[C@@H](NC(C)=O)C(C)(C)CSC2(C)C)C(=O)N[C@@H](Cc2ccc3ccccc3c2)C(=O)N[C@@](C)(CCCCN)C(=O)CN)cc1. The van der Waals surface area contributed by atoms with Gasteiger partial charge in [-0.2, -0.15) is 23.5 Å². The molecule has 6 aromatic carbocycles. The smallest absolute Gasteiger partial charge is 0.243 e.